The molecule has 0 fully saturated rings. The van der Waals surface area contributed by atoms with Crippen LogP contribution in [0.15, 0.2) is 38.4 Å². The number of benzene rings is 1. The molecule has 158 valence electrons. The number of nitrogens with zero attached hydrogens (tertiary/aromatic N) is 5. The maximum atomic E-state index is 13.2. The molecule has 0 aliphatic rings. The van der Waals surface area contributed by atoms with E-state index < -0.39 is 17.1 Å². The second-order valence-corrected chi connectivity index (χ2v) is 6.77. The van der Waals surface area contributed by atoms with Crippen LogP contribution in [0.3, 0.4) is 0 Å². The summed E-state index contributed by atoms with van der Waals surface area (Å²) in [6, 6.07) is 5.12. The van der Waals surface area contributed by atoms with Gasteiger partial charge >= 0.3 is 5.69 Å². The van der Waals surface area contributed by atoms with E-state index in [9.17, 15) is 18.8 Å². The van der Waals surface area contributed by atoms with Gasteiger partial charge in [0.15, 0.2) is 5.69 Å². The van der Waals surface area contributed by atoms with Gasteiger partial charge in [0.1, 0.15) is 5.82 Å². The minimum absolute atomic E-state index is 0.0653. The van der Waals surface area contributed by atoms with Crippen molar-refractivity contribution in [1.82, 2.24) is 29.8 Å². The molecule has 1 unspecified atom stereocenters. The van der Waals surface area contributed by atoms with E-state index >= 15 is 0 Å². The third-order valence-electron chi connectivity index (χ3n) is 4.51. The number of hydrogen-bond acceptors (Lipinski definition) is 7. The Morgan fingerprint density at radius 2 is 1.97 bits per heavy atom. The number of aryl methyl sites for hydroxylation is 1. The summed E-state index contributed by atoms with van der Waals surface area (Å²) in [6.07, 6.45) is 1.15. The van der Waals surface area contributed by atoms with Crippen molar-refractivity contribution < 1.29 is 13.7 Å². The van der Waals surface area contributed by atoms with Crippen LogP contribution in [-0.4, -0.2) is 36.4 Å². The standard InChI is InChI=1S/C19H21FN6O4/c1-4-11(2)21-14(27)9-10-15-22-17(24-30-15)16-18(28)25(3)19(29)26(23-16)13-7-5-12(20)6-8-13/h5-8,11H,4,9-10H2,1-3H3,(H,21,27). The lowest BCUT2D eigenvalue weighted by atomic mass is 10.2. The van der Waals surface area contributed by atoms with Crippen molar-refractivity contribution in [2.45, 2.75) is 39.2 Å². The van der Waals surface area contributed by atoms with Gasteiger partial charge in [0.25, 0.3) is 5.56 Å². The molecule has 2 aromatic heterocycles. The molecular formula is C19H21FN6O4. The smallest absolute Gasteiger partial charge is 0.351 e. The summed E-state index contributed by atoms with van der Waals surface area (Å²) in [7, 11) is 1.29. The van der Waals surface area contributed by atoms with Gasteiger partial charge in [-0.2, -0.15) is 14.8 Å². The minimum atomic E-state index is -0.708. The summed E-state index contributed by atoms with van der Waals surface area (Å²) in [5.74, 6) is -0.573. The average Bonchev–Trinajstić information content (AvgIpc) is 3.20. The molecule has 3 rings (SSSR count). The second kappa shape index (κ2) is 8.80. The summed E-state index contributed by atoms with van der Waals surface area (Å²) in [4.78, 5) is 40.9. The number of carbonyl (C=O) groups excluding carboxylic acids is 1. The number of hydrogen-bond donors (Lipinski definition) is 1. The van der Waals surface area contributed by atoms with E-state index in [-0.39, 0.29) is 47.9 Å². The van der Waals surface area contributed by atoms with Crippen molar-refractivity contribution >= 4 is 5.91 Å². The molecular weight excluding hydrogens is 395 g/mol. The van der Waals surface area contributed by atoms with Crippen molar-refractivity contribution in [3.05, 3.63) is 56.8 Å². The van der Waals surface area contributed by atoms with E-state index in [2.05, 4.69) is 20.6 Å². The Morgan fingerprint density at radius 1 is 1.27 bits per heavy atom. The van der Waals surface area contributed by atoms with Gasteiger partial charge < -0.3 is 9.84 Å². The van der Waals surface area contributed by atoms with Crippen molar-refractivity contribution in [2.24, 2.45) is 7.05 Å². The van der Waals surface area contributed by atoms with Crippen molar-refractivity contribution in [1.29, 1.82) is 0 Å². The van der Waals surface area contributed by atoms with Gasteiger partial charge in [-0.25, -0.2) is 9.18 Å². The van der Waals surface area contributed by atoms with Gasteiger partial charge in [-0.3, -0.25) is 14.2 Å². The van der Waals surface area contributed by atoms with Gasteiger partial charge in [-0.05, 0) is 37.6 Å². The Kier molecular flexibility index (Phi) is 6.19. The summed E-state index contributed by atoms with van der Waals surface area (Å²) >= 11 is 0. The summed E-state index contributed by atoms with van der Waals surface area (Å²) in [5, 5.41) is 10.6. The summed E-state index contributed by atoms with van der Waals surface area (Å²) in [6.45, 7) is 3.87. The predicted molar refractivity (Wildman–Crippen MR) is 105 cm³/mol. The molecule has 0 saturated carbocycles. The zero-order valence-corrected chi connectivity index (χ0v) is 16.8. The molecule has 0 bridgehead atoms. The Balaban J connectivity index is 1.88. The lowest BCUT2D eigenvalue weighted by Gasteiger charge is -2.10. The van der Waals surface area contributed by atoms with Crippen LogP contribution in [0.1, 0.15) is 32.6 Å². The molecule has 1 amide bonds. The first kappa shape index (κ1) is 21.1. The van der Waals surface area contributed by atoms with E-state index in [0.29, 0.717) is 0 Å². The van der Waals surface area contributed by atoms with E-state index in [1.165, 1.54) is 31.3 Å². The van der Waals surface area contributed by atoms with Crippen LogP contribution < -0.4 is 16.6 Å². The van der Waals surface area contributed by atoms with Crippen molar-refractivity contribution in [3.8, 4) is 17.2 Å². The first-order valence-corrected chi connectivity index (χ1v) is 9.38. The Labute approximate surface area is 170 Å². The molecule has 30 heavy (non-hydrogen) atoms. The fourth-order valence-corrected chi connectivity index (χ4v) is 2.59. The Hall–Kier alpha value is -3.63. The third-order valence-corrected chi connectivity index (χ3v) is 4.51. The van der Waals surface area contributed by atoms with Crippen molar-refractivity contribution in [2.75, 3.05) is 0 Å². The maximum absolute atomic E-state index is 13.2. The zero-order valence-electron chi connectivity index (χ0n) is 16.8. The Morgan fingerprint density at radius 3 is 2.63 bits per heavy atom. The Bertz CT molecular complexity index is 1170. The SMILES string of the molecule is CCC(C)NC(=O)CCc1nc(-c2nn(-c3ccc(F)cc3)c(=O)n(C)c2=O)no1. The number of nitrogens with one attached hydrogen (secondary N) is 1. The summed E-state index contributed by atoms with van der Waals surface area (Å²) < 4.78 is 20.1. The lowest BCUT2D eigenvalue weighted by molar-refractivity contribution is -0.121. The highest BCUT2D eigenvalue weighted by molar-refractivity contribution is 5.76. The van der Waals surface area contributed by atoms with Crippen LogP contribution in [0.5, 0.6) is 0 Å². The van der Waals surface area contributed by atoms with Gasteiger partial charge in [0, 0.05) is 25.9 Å². The van der Waals surface area contributed by atoms with Gasteiger partial charge in [0.05, 0.1) is 5.69 Å². The van der Waals surface area contributed by atoms with Crippen LogP contribution in [-0.2, 0) is 18.3 Å². The van der Waals surface area contributed by atoms with Crippen molar-refractivity contribution in [3.63, 3.8) is 0 Å². The van der Waals surface area contributed by atoms with Crippen LogP contribution in [0.2, 0.25) is 0 Å². The molecule has 2 heterocycles. The molecule has 1 aromatic carbocycles. The zero-order chi connectivity index (χ0) is 21.8. The summed E-state index contributed by atoms with van der Waals surface area (Å²) in [5.41, 5.74) is -1.36. The highest BCUT2D eigenvalue weighted by Gasteiger charge is 2.19. The molecule has 1 N–H and O–H groups in total. The quantitative estimate of drug-likeness (QED) is 0.608. The largest absolute Gasteiger partial charge is 0.354 e. The molecule has 10 nitrogen and oxygen atoms in total. The van der Waals surface area contributed by atoms with Gasteiger partial charge in [0.2, 0.25) is 17.6 Å². The van der Waals surface area contributed by atoms with Gasteiger partial charge in [-0.15, -0.1) is 0 Å². The van der Waals surface area contributed by atoms with Crippen LogP contribution >= 0.6 is 0 Å². The fourth-order valence-electron chi connectivity index (χ4n) is 2.59. The molecule has 0 radical (unpaired) electrons. The van der Waals surface area contributed by atoms with Gasteiger partial charge in [-0.1, -0.05) is 12.1 Å². The molecule has 1 atom stereocenters. The molecule has 0 aliphatic carbocycles. The molecule has 3 aromatic rings. The number of amides is 1. The normalized spacial score (nSPS) is 12.0. The maximum Gasteiger partial charge on any atom is 0.351 e. The fraction of sp³-hybridized carbons (Fsp3) is 0.368. The minimum Gasteiger partial charge on any atom is -0.354 e. The van der Waals surface area contributed by atoms with Crippen LogP contribution in [0, 0.1) is 5.82 Å². The molecule has 0 aliphatic heterocycles. The second-order valence-electron chi connectivity index (χ2n) is 6.77. The van der Waals surface area contributed by atoms with E-state index in [4.69, 9.17) is 4.52 Å². The highest BCUT2D eigenvalue weighted by atomic mass is 19.1. The molecule has 0 saturated heterocycles. The number of aromatic nitrogens is 5. The first-order valence-electron chi connectivity index (χ1n) is 9.38. The molecule has 11 heteroatoms. The number of halogens is 1. The van der Waals surface area contributed by atoms with E-state index in [0.717, 1.165) is 15.7 Å². The number of carbonyl (C=O) groups is 1. The monoisotopic (exact) mass is 416 g/mol. The molecule has 0 spiro atoms. The van der Waals surface area contributed by atoms with Crippen LogP contribution in [0.4, 0.5) is 4.39 Å². The lowest BCUT2D eigenvalue weighted by Crippen LogP contribution is -2.40. The average molecular weight is 416 g/mol. The third kappa shape index (κ3) is 4.50. The highest BCUT2D eigenvalue weighted by Crippen LogP contribution is 2.11. The van der Waals surface area contributed by atoms with E-state index in [1.807, 2.05) is 13.8 Å². The number of rotatable bonds is 7. The first-order chi connectivity index (χ1) is 14.3. The predicted octanol–water partition coefficient (Wildman–Crippen LogP) is 0.968. The topological polar surface area (TPSA) is 125 Å². The van der Waals surface area contributed by atoms with E-state index in [1.54, 1.807) is 0 Å². The van der Waals surface area contributed by atoms with Crippen LogP contribution in [0.25, 0.3) is 17.2 Å².